The molecule has 1 aliphatic heterocycles. The molecule has 1 atom stereocenters. The number of ether oxygens (including phenoxy) is 2. The van der Waals surface area contributed by atoms with Crippen LogP contribution in [0.2, 0.25) is 0 Å². The molecule has 140 valence electrons. The summed E-state index contributed by atoms with van der Waals surface area (Å²) in [6, 6.07) is 13.4. The fraction of sp³-hybridized carbons (Fsp3) is 0.316. The highest BCUT2D eigenvalue weighted by atomic mass is 35.5. The number of aliphatic carboxylic acids is 1. The fourth-order valence-electron chi connectivity index (χ4n) is 2.75. The van der Waals surface area contributed by atoms with E-state index in [0.717, 1.165) is 12.1 Å². The maximum absolute atomic E-state index is 12.9. The van der Waals surface area contributed by atoms with E-state index < -0.39 is 5.97 Å². The van der Waals surface area contributed by atoms with Gasteiger partial charge in [-0.2, -0.15) is 0 Å². The number of hydrogen-bond acceptors (Lipinski definition) is 4. The van der Waals surface area contributed by atoms with E-state index in [-0.39, 0.29) is 30.7 Å². The standard InChI is InChI=1S/C19H20FNO4.ClH/c20-15-3-7-17(8-4-15)25-16-5-1-14(2-6-16)18-13-21(11-12-24-18)10-9-19(22)23;/h1-8,18H,9-13H2,(H,22,23);1H. The summed E-state index contributed by atoms with van der Waals surface area (Å²) in [5, 5.41) is 8.80. The van der Waals surface area contributed by atoms with E-state index in [4.69, 9.17) is 14.6 Å². The Hall–Kier alpha value is -2.15. The van der Waals surface area contributed by atoms with Crippen LogP contribution in [-0.4, -0.2) is 42.2 Å². The number of nitrogens with zero attached hydrogens (tertiary/aromatic N) is 1. The van der Waals surface area contributed by atoms with E-state index in [1.807, 2.05) is 24.3 Å². The Morgan fingerprint density at radius 2 is 1.77 bits per heavy atom. The Morgan fingerprint density at radius 1 is 1.15 bits per heavy atom. The lowest BCUT2D eigenvalue weighted by atomic mass is 10.1. The summed E-state index contributed by atoms with van der Waals surface area (Å²) in [6.07, 6.45) is 0.0550. The first-order valence-corrected chi connectivity index (χ1v) is 8.19. The van der Waals surface area contributed by atoms with Gasteiger partial charge in [-0.15, -0.1) is 12.4 Å². The van der Waals surface area contributed by atoms with Gasteiger partial charge >= 0.3 is 5.97 Å². The van der Waals surface area contributed by atoms with Crippen LogP contribution in [0.25, 0.3) is 0 Å². The minimum atomic E-state index is -0.787. The van der Waals surface area contributed by atoms with Crippen LogP contribution >= 0.6 is 12.4 Å². The van der Waals surface area contributed by atoms with Crippen LogP contribution in [-0.2, 0) is 9.53 Å². The molecule has 1 fully saturated rings. The molecule has 0 amide bonds. The summed E-state index contributed by atoms with van der Waals surface area (Å²) in [5.74, 6) is 0.145. The predicted octanol–water partition coefficient (Wildman–Crippen LogP) is 3.89. The lowest BCUT2D eigenvalue weighted by molar-refractivity contribution is -0.137. The van der Waals surface area contributed by atoms with Crippen molar-refractivity contribution in [3.05, 3.63) is 59.9 Å². The van der Waals surface area contributed by atoms with Gasteiger partial charge in [0.15, 0.2) is 0 Å². The molecule has 1 saturated heterocycles. The normalized spacial score (nSPS) is 17.3. The third-order valence-corrected chi connectivity index (χ3v) is 4.09. The Balaban J connectivity index is 0.00000243. The van der Waals surface area contributed by atoms with E-state index in [9.17, 15) is 9.18 Å². The maximum atomic E-state index is 12.9. The van der Waals surface area contributed by atoms with Crippen molar-refractivity contribution in [2.75, 3.05) is 26.2 Å². The van der Waals surface area contributed by atoms with Crippen molar-refractivity contribution in [1.29, 1.82) is 0 Å². The molecule has 0 bridgehead atoms. The number of hydrogen-bond donors (Lipinski definition) is 1. The molecular weight excluding hydrogens is 361 g/mol. The molecule has 3 rings (SSSR count). The lowest BCUT2D eigenvalue weighted by Gasteiger charge is -2.32. The molecule has 0 aliphatic carbocycles. The van der Waals surface area contributed by atoms with Crippen LogP contribution in [0.4, 0.5) is 4.39 Å². The Labute approximate surface area is 157 Å². The number of morpholine rings is 1. The number of carboxylic acids is 1. The van der Waals surface area contributed by atoms with Gasteiger partial charge in [-0.1, -0.05) is 12.1 Å². The zero-order valence-electron chi connectivity index (χ0n) is 14.1. The highest BCUT2D eigenvalue weighted by Gasteiger charge is 2.22. The zero-order chi connectivity index (χ0) is 17.6. The third-order valence-electron chi connectivity index (χ3n) is 4.09. The molecule has 0 spiro atoms. The van der Waals surface area contributed by atoms with Crippen molar-refractivity contribution < 1.29 is 23.8 Å². The van der Waals surface area contributed by atoms with Crippen LogP contribution in [0.1, 0.15) is 18.1 Å². The fourth-order valence-corrected chi connectivity index (χ4v) is 2.75. The number of carboxylic acid groups (broad SMARTS) is 1. The van der Waals surface area contributed by atoms with E-state index in [0.29, 0.717) is 31.2 Å². The Morgan fingerprint density at radius 3 is 2.38 bits per heavy atom. The monoisotopic (exact) mass is 381 g/mol. The highest BCUT2D eigenvalue weighted by molar-refractivity contribution is 5.85. The average molecular weight is 382 g/mol. The van der Waals surface area contributed by atoms with Crippen molar-refractivity contribution in [2.45, 2.75) is 12.5 Å². The number of carbonyl (C=O) groups is 1. The average Bonchev–Trinajstić information content (AvgIpc) is 2.63. The molecule has 5 nitrogen and oxygen atoms in total. The minimum absolute atomic E-state index is 0. The molecule has 1 heterocycles. The molecule has 0 aromatic heterocycles. The second kappa shape index (κ2) is 9.52. The second-order valence-corrected chi connectivity index (χ2v) is 5.93. The SMILES string of the molecule is Cl.O=C(O)CCN1CCOC(c2ccc(Oc3ccc(F)cc3)cc2)C1. The van der Waals surface area contributed by atoms with Gasteiger partial charge in [-0.3, -0.25) is 9.69 Å². The molecule has 7 heteroatoms. The number of rotatable bonds is 6. The van der Waals surface area contributed by atoms with Crippen molar-refractivity contribution in [3.8, 4) is 11.5 Å². The van der Waals surface area contributed by atoms with Crippen molar-refractivity contribution in [3.63, 3.8) is 0 Å². The van der Waals surface area contributed by atoms with Crippen molar-refractivity contribution in [1.82, 2.24) is 4.90 Å². The summed E-state index contributed by atoms with van der Waals surface area (Å²) < 4.78 is 24.4. The summed E-state index contributed by atoms with van der Waals surface area (Å²) in [4.78, 5) is 12.8. The van der Waals surface area contributed by atoms with Crippen LogP contribution in [0.15, 0.2) is 48.5 Å². The smallest absolute Gasteiger partial charge is 0.304 e. The van der Waals surface area contributed by atoms with Gasteiger partial charge in [0, 0.05) is 19.6 Å². The van der Waals surface area contributed by atoms with Crippen LogP contribution < -0.4 is 4.74 Å². The van der Waals surface area contributed by atoms with Gasteiger partial charge in [0.05, 0.1) is 19.1 Å². The summed E-state index contributed by atoms with van der Waals surface area (Å²) >= 11 is 0. The van der Waals surface area contributed by atoms with Crippen LogP contribution in [0.3, 0.4) is 0 Å². The quantitative estimate of drug-likeness (QED) is 0.822. The third kappa shape index (κ3) is 5.69. The lowest BCUT2D eigenvalue weighted by Crippen LogP contribution is -2.39. The molecule has 1 unspecified atom stereocenters. The summed E-state index contributed by atoms with van der Waals surface area (Å²) in [7, 11) is 0. The van der Waals surface area contributed by atoms with Gasteiger partial charge in [0.25, 0.3) is 0 Å². The maximum Gasteiger partial charge on any atom is 0.304 e. The first kappa shape index (κ1) is 20.2. The van der Waals surface area contributed by atoms with E-state index >= 15 is 0 Å². The molecule has 0 radical (unpaired) electrons. The van der Waals surface area contributed by atoms with Crippen molar-refractivity contribution in [2.24, 2.45) is 0 Å². The topological polar surface area (TPSA) is 59.0 Å². The molecule has 2 aromatic carbocycles. The first-order valence-electron chi connectivity index (χ1n) is 8.19. The first-order chi connectivity index (χ1) is 12.1. The van der Waals surface area contributed by atoms with E-state index in [1.54, 1.807) is 12.1 Å². The molecule has 0 saturated carbocycles. The second-order valence-electron chi connectivity index (χ2n) is 5.93. The Kier molecular flexibility index (Phi) is 7.38. The zero-order valence-corrected chi connectivity index (χ0v) is 15.0. The van der Waals surface area contributed by atoms with Gasteiger partial charge in [0.1, 0.15) is 17.3 Å². The van der Waals surface area contributed by atoms with E-state index in [2.05, 4.69) is 4.90 Å². The molecule has 2 aromatic rings. The summed E-state index contributed by atoms with van der Waals surface area (Å²) in [6.45, 7) is 2.53. The van der Waals surface area contributed by atoms with Gasteiger partial charge in [-0.25, -0.2) is 4.39 Å². The number of benzene rings is 2. The van der Waals surface area contributed by atoms with Crippen LogP contribution in [0, 0.1) is 5.82 Å². The molecular formula is C19H21ClFNO4. The molecule has 26 heavy (non-hydrogen) atoms. The predicted molar refractivity (Wildman–Crippen MR) is 97.5 cm³/mol. The number of halogens is 2. The molecule has 1 N–H and O–H groups in total. The largest absolute Gasteiger partial charge is 0.481 e. The Bertz CT molecular complexity index is 708. The van der Waals surface area contributed by atoms with Crippen LogP contribution in [0.5, 0.6) is 11.5 Å². The highest BCUT2D eigenvalue weighted by Crippen LogP contribution is 2.27. The van der Waals surface area contributed by atoms with E-state index in [1.165, 1.54) is 12.1 Å². The minimum Gasteiger partial charge on any atom is -0.481 e. The van der Waals surface area contributed by atoms with Gasteiger partial charge in [-0.05, 0) is 42.0 Å². The molecule has 1 aliphatic rings. The van der Waals surface area contributed by atoms with Crippen molar-refractivity contribution >= 4 is 18.4 Å². The summed E-state index contributed by atoms with van der Waals surface area (Å²) in [5.41, 5.74) is 1.02. The van der Waals surface area contributed by atoms with Gasteiger partial charge in [0.2, 0.25) is 0 Å². The van der Waals surface area contributed by atoms with Gasteiger partial charge < -0.3 is 14.6 Å².